The molecule has 4 N–H and O–H groups in total. The lowest BCUT2D eigenvalue weighted by atomic mass is 9.46. The van der Waals surface area contributed by atoms with Crippen LogP contribution in [0, 0.1) is 17.3 Å². The average Bonchev–Trinajstić information content (AvgIpc) is 3.03. The molecule has 3 aliphatic rings. The second-order valence-corrected chi connectivity index (χ2v) is 8.86. The first-order valence-electron chi connectivity index (χ1n) is 10.4. The number of rotatable bonds is 6. The van der Waals surface area contributed by atoms with E-state index in [4.69, 9.17) is 5.73 Å². The van der Waals surface area contributed by atoms with Gasteiger partial charge in [0.15, 0.2) is 0 Å². The topological polar surface area (TPSA) is 53.3 Å². The molecule has 3 rings (SSSR count). The first kappa shape index (κ1) is 18.6. The molecule has 0 aliphatic heterocycles. The minimum atomic E-state index is -0.372. The molecule has 0 radical (unpaired) electrons. The number of nitrogens with zero attached hydrogens (tertiary/aromatic N) is 1. The van der Waals surface area contributed by atoms with Gasteiger partial charge >= 0.3 is 0 Å². The van der Waals surface area contributed by atoms with E-state index >= 15 is 0 Å². The van der Waals surface area contributed by atoms with Crippen molar-refractivity contribution in [2.75, 3.05) is 27.7 Å². The number of likely N-dealkylation sites (N-methyl/N-ethyl adjacent to an activating group) is 3. The van der Waals surface area contributed by atoms with Crippen LogP contribution in [0.4, 0.5) is 0 Å². The van der Waals surface area contributed by atoms with E-state index in [1.165, 1.54) is 57.8 Å². The summed E-state index contributed by atoms with van der Waals surface area (Å²) in [6.07, 6.45) is 13.5. The van der Waals surface area contributed by atoms with Crippen molar-refractivity contribution in [3.63, 3.8) is 0 Å². The summed E-state index contributed by atoms with van der Waals surface area (Å²) in [7, 11) is 6.59. The first-order valence-corrected chi connectivity index (χ1v) is 10.4. The summed E-state index contributed by atoms with van der Waals surface area (Å²) in [5.41, 5.74) is 6.94. The fourth-order valence-electron chi connectivity index (χ4n) is 6.99. The van der Waals surface area contributed by atoms with E-state index in [1.54, 1.807) is 0 Å². The van der Waals surface area contributed by atoms with Crippen LogP contribution in [0.1, 0.15) is 71.1 Å². The largest absolute Gasteiger partial charge is 0.311 e. The maximum absolute atomic E-state index is 7.17. The van der Waals surface area contributed by atoms with E-state index in [9.17, 15) is 0 Å². The van der Waals surface area contributed by atoms with Gasteiger partial charge in [0.25, 0.3) is 0 Å². The van der Waals surface area contributed by atoms with E-state index in [1.807, 2.05) is 0 Å². The van der Waals surface area contributed by atoms with Crippen molar-refractivity contribution in [2.45, 2.75) is 82.5 Å². The predicted octanol–water partition coefficient (Wildman–Crippen LogP) is 2.89. The summed E-state index contributed by atoms with van der Waals surface area (Å²) in [6, 6.07) is 0. The van der Waals surface area contributed by atoms with Crippen LogP contribution in [0.2, 0.25) is 0 Å². The van der Waals surface area contributed by atoms with Gasteiger partial charge in [0.2, 0.25) is 0 Å². The molecule has 3 atom stereocenters. The maximum Gasteiger partial charge on any atom is 0.109 e. The lowest BCUT2D eigenvalue weighted by Crippen LogP contribution is -2.87. The molecule has 3 saturated carbocycles. The summed E-state index contributed by atoms with van der Waals surface area (Å²) in [5.74, 6) is 1.65. The van der Waals surface area contributed by atoms with E-state index in [-0.39, 0.29) is 11.3 Å². The second kappa shape index (κ2) is 6.86. The first-order chi connectivity index (χ1) is 11.5. The van der Waals surface area contributed by atoms with Gasteiger partial charge in [-0.05, 0) is 84.5 Å². The zero-order chi connectivity index (χ0) is 17.4. The van der Waals surface area contributed by atoms with Gasteiger partial charge in [0.05, 0.1) is 5.66 Å². The Hall–Kier alpha value is -0.160. The normalized spacial score (nSPS) is 41.8. The van der Waals surface area contributed by atoms with E-state index in [2.05, 4.69) is 43.6 Å². The van der Waals surface area contributed by atoms with Crippen LogP contribution < -0.4 is 16.4 Å². The Kier molecular flexibility index (Phi) is 5.33. The Morgan fingerprint density at radius 1 is 0.958 bits per heavy atom. The highest BCUT2D eigenvalue weighted by Gasteiger charge is 2.69. The quantitative estimate of drug-likeness (QED) is 0.653. The minimum absolute atomic E-state index is 0.165. The third kappa shape index (κ3) is 2.33. The van der Waals surface area contributed by atoms with Crippen LogP contribution in [-0.4, -0.2) is 43.9 Å². The molecular weight excluding hydrogens is 296 g/mol. The van der Waals surface area contributed by atoms with Gasteiger partial charge in [-0.2, -0.15) is 0 Å². The van der Waals surface area contributed by atoms with Crippen LogP contribution in [0.15, 0.2) is 0 Å². The molecule has 3 aliphatic carbocycles. The summed E-state index contributed by atoms with van der Waals surface area (Å²) in [4.78, 5) is 2.46. The number of hydrogen-bond donors (Lipinski definition) is 3. The molecule has 0 heterocycles. The van der Waals surface area contributed by atoms with Crippen molar-refractivity contribution in [1.82, 2.24) is 15.5 Å². The highest BCUT2D eigenvalue weighted by Crippen LogP contribution is 2.64. The molecule has 0 aromatic heterocycles. The molecule has 0 bridgehead atoms. The van der Waals surface area contributed by atoms with Gasteiger partial charge in [-0.1, -0.05) is 26.2 Å². The Balaban J connectivity index is 2.17. The van der Waals surface area contributed by atoms with Gasteiger partial charge in [-0.15, -0.1) is 0 Å². The lowest BCUT2D eigenvalue weighted by Gasteiger charge is -2.70. The summed E-state index contributed by atoms with van der Waals surface area (Å²) >= 11 is 0. The minimum Gasteiger partial charge on any atom is -0.311 e. The molecule has 24 heavy (non-hydrogen) atoms. The SMILES string of the molecule is CCNC1(N(C)C)C(N)(NC)CCCC1(C1CCCC1)C1CCC1. The van der Waals surface area contributed by atoms with Crippen LogP contribution in [-0.2, 0) is 0 Å². The van der Waals surface area contributed by atoms with Crippen LogP contribution >= 0.6 is 0 Å². The number of hydrogen-bond acceptors (Lipinski definition) is 4. The van der Waals surface area contributed by atoms with E-state index in [0.29, 0.717) is 5.41 Å². The van der Waals surface area contributed by atoms with Crippen molar-refractivity contribution < 1.29 is 0 Å². The molecular formula is C20H40N4. The maximum atomic E-state index is 7.17. The fourth-order valence-corrected chi connectivity index (χ4v) is 6.99. The molecule has 0 aromatic rings. The van der Waals surface area contributed by atoms with Gasteiger partial charge in [-0.25, -0.2) is 0 Å². The molecule has 3 unspecified atom stereocenters. The second-order valence-electron chi connectivity index (χ2n) is 8.86. The lowest BCUT2D eigenvalue weighted by molar-refractivity contribution is -0.199. The standard InChI is InChI=1S/C20H40N4/c1-5-23-20(24(3)4)18(17-12-8-13-17,16-10-6-7-11-16)14-9-15-19(20,21)22-2/h16-17,22-23H,5-15,21H2,1-4H3. The van der Waals surface area contributed by atoms with Crippen molar-refractivity contribution in [1.29, 1.82) is 0 Å². The third-order valence-electron chi connectivity index (χ3n) is 7.95. The zero-order valence-electron chi connectivity index (χ0n) is 16.5. The molecule has 4 heteroatoms. The monoisotopic (exact) mass is 336 g/mol. The van der Waals surface area contributed by atoms with Crippen molar-refractivity contribution in [3.05, 3.63) is 0 Å². The van der Waals surface area contributed by atoms with Crippen LogP contribution in [0.25, 0.3) is 0 Å². The van der Waals surface area contributed by atoms with E-state index in [0.717, 1.165) is 24.8 Å². The molecule has 0 saturated heterocycles. The van der Waals surface area contributed by atoms with Crippen molar-refractivity contribution in [2.24, 2.45) is 23.0 Å². The molecule has 4 nitrogen and oxygen atoms in total. The van der Waals surface area contributed by atoms with Gasteiger partial charge in [-0.3, -0.25) is 15.5 Å². The molecule has 3 fully saturated rings. The summed E-state index contributed by atoms with van der Waals surface area (Å²) < 4.78 is 0. The number of nitrogens with one attached hydrogen (secondary N) is 2. The Labute approximate surface area is 149 Å². The Morgan fingerprint density at radius 2 is 1.54 bits per heavy atom. The zero-order valence-corrected chi connectivity index (χ0v) is 16.5. The molecule has 0 aromatic carbocycles. The fraction of sp³-hybridized carbons (Fsp3) is 1.00. The van der Waals surface area contributed by atoms with E-state index < -0.39 is 0 Å². The molecule has 140 valence electrons. The molecule has 0 amide bonds. The number of nitrogens with two attached hydrogens (primary N) is 1. The molecule has 0 spiro atoms. The smallest absolute Gasteiger partial charge is 0.109 e. The third-order valence-corrected chi connectivity index (χ3v) is 7.95. The van der Waals surface area contributed by atoms with Gasteiger partial charge in [0, 0.05) is 5.41 Å². The predicted molar refractivity (Wildman–Crippen MR) is 102 cm³/mol. The van der Waals surface area contributed by atoms with Gasteiger partial charge < -0.3 is 5.73 Å². The van der Waals surface area contributed by atoms with Crippen LogP contribution in [0.3, 0.4) is 0 Å². The van der Waals surface area contributed by atoms with Crippen molar-refractivity contribution >= 4 is 0 Å². The Bertz CT molecular complexity index is 429. The highest BCUT2D eigenvalue weighted by molar-refractivity contribution is 5.21. The van der Waals surface area contributed by atoms with Crippen molar-refractivity contribution in [3.8, 4) is 0 Å². The average molecular weight is 337 g/mol. The Morgan fingerprint density at radius 3 is 1.96 bits per heavy atom. The van der Waals surface area contributed by atoms with Gasteiger partial charge in [0.1, 0.15) is 5.66 Å². The summed E-state index contributed by atoms with van der Waals surface area (Å²) in [5, 5.41) is 7.59. The van der Waals surface area contributed by atoms with Crippen LogP contribution in [0.5, 0.6) is 0 Å². The highest BCUT2D eigenvalue weighted by atomic mass is 15.4. The summed E-state index contributed by atoms with van der Waals surface area (Å²) in [6.45, 7) is 3.22.